The molecule has 25 heavy (non-hydrogen) atoms. The van der Waals surface area contributed by atoms with Gasteiger partial charge in [0, 0.05) is 31.3 Å². The average molecular weight is 338 g/mol. The number of nitrogens with zero attached hydrogens (tertiary/aromatic N) is 4. The molecule has 6 heteroatoms. The Morgan fingerprint density at radius 2 is 2.16 bits per heavy atom. The van der Waals surface area contributed by atoms with E-state index in [1.54, 1.807) is 18.6 Å². The summed E-state index contributed by atoms with van der Waals surface area (Å²) >= 11 is 0. The maximum Gasteiger partial charge on any atom is 0.199 e. The van der Waals surface area contributed by atoms with Gasteiger partial charge in [-0.15, -0.1) is 0 Å². The van der Waals surface area contributed by atoms with Gasteiger partial charge >= 0.3 is 0 Å². The molecule has 1 aliphatic rings. The van der Waals surface area contributed by atoms with E-state index in [9.17, 15) is 4.39 Å². The van der Waals surface area contributed by atoms with Crippen LogP contribution in [0.2, 0.25) is 0 Å². The molecule has 2 aromatic heterocycles. The van der Waals surface area contributed by atoms with Crippen LogP contribution >= 0.6 is 0 Å². The van der Waals surface area contributed by atoms with Gasteiger partial charge < -0.3 is 9.32 Å². The van der Waals surface area contributed by atoms with Crippen LogP contribution in [0.1, 0.15) is 35.2 Å². The Hall–Kier alpha value is -2.76. The van der Waals surface area contributed by atoms with Gasteiger partial charge in [-0.05, 0) is 31.0 Å². The Morgan fingerprint density at radius 3 is 3.00 bits per heavy atom. The first-order chi connectivity index (χ1) is 12.2. The Bertz CT molecular complexity index is 879. The van der Waals surface area contributed by atoms with E-state index < -0.39 is 0 Å². The maximum absolute atomic E-state index is 13.3. The number of hydrogen-bond donors (Lipinski definition) is 0. The SMILES string of the molecule is Cc1cc(N2CCC(c3ncc(Cc4cccc(F)c4)o3)C2)ncn1. The predicted octanol–water partition coefficient (Wildman–Crippen LogP) is 3.50. The second-order valence-corrected chi connectivity index (χ2v) is 6.42. The lowest BCUT2D eigenvalue weighted by molar-refractivity contribution is 0.432. The molecule has 1 atom stereocenters. The number of anilines is 1. The van der Waals surface area contributed by atoms with Gasteiger partial charge in [-0.25, -0.2) is 19.3 Å². The molecule has 1 aromatic carbocycles. The van der Waals surface area contributed by atoms with Gasteiger partial charge in [0.2, 0.25) is 0 Å². The lowest BCUT2D eigenvalue weighted by Crippen LogP contribution is -2.20. The van der Waals surface area contributed by atoms with Crippen molar-refractivity contribution in [3.63, 3.8) is 0 Å². The maximum atomic E-state index is 13.3. The van der Waals surface area contributed by atoms with E-state index in [1.165, 1.54) is 12.1 Å². The van der Waals surface area contributed by atoms with Gasteiger partial charge in [0.25, 0.3) is 0 Å². The van der Waals surface area contributed by atoms with E-state index in [2.05, 4.69) is 19.9 Å². The molecule has 4 rings (SSSR count). The minimum absolute atomic E-state index is 0.233. The minimum atomic E-state index is -0.233. The molecule has 5 nitrogen and oxygen atoms in total. The van der Waals surface area contributed by atoms with E-state index in [4.69, 9.17) is 4.42 Å². The number of aryl methyl sites for hydroxylation is 1. The number of aromatic nitrogens is 3. The molecule has 0 aliphatic carbocycles. The third-order valence-corrected chi connectivity index (χ3v) is 4.49. The van der Waals surface area contributed by atoms with Crippen molar-refractivity contribution in [2.24, 2.45) is 0 Å². The third kappa shape index (κ3) is 3.52. The second-order valence-electron chi connectivity index (χ2n) is 6.42. The van der Waals surface area contributed by atoms with Crippen molar-refractivity contribution >= 4 is 5.82 Å². The highest BCUT2D eigenvalue weighted by atomic mass is 19.1. The van der Waals surface area contributed by atoms with Crippen LogP contribution in [0.5, 0.6) is 0 Å². The average Bonchev–Trinajstić information content (AvgIpc) is 3.24. The summed E-state index contributed by atoms with van der Waals surface area (Å²) in [7, 11) is 0. The van der Waals surface area contributed by atoms with Crippen molar-refractivity contribution in [1.82, 2.24) is 15.0 Å². The van der Waals surface area contributed by atoms with Gasteiger partial charge in [-0.2, -0.15) is 0 Å². The number of hydrogen-bond acceptors (Lipinski definition) is 5. The monoisotopic (exact) mass is 338 g/mol. The summed E-state index contributed by atoms with van der Waals surface area (Å²) in [6.45, 7) is 3.71. The first-order valence-corrected chi connectivity index (χ1v) is 8.40. The number of rotatable bonds is 4. The molecule has 1 saturated heterocycles. The molecule has 0 saturated carbocycles. The van der Waals surface area contributed by atoms with Gasteiger partial charge in [0.1, 0.15) is 23.7 Å². The topological polar surface area (TPSA) is 55.1 Å². The van der Waals surface area contributed by atoms with E-state index in [1.807, 2.05) is 19.1 Å². The molecule has 3 aromatic rings. The lowest BCUT2D eigenvalue weighted by atomic mass is 10.1. The summed E-state index contributed by atoms with van der Waals surface area (Å²) in [4.78, 5) is 15.2. The molecular weight excluding hydrogens is 319 g/mol. The van der Waals surface area contributed by atoms with Crippen LogP contribution < -0.4 is 4.90 Å². The smallest absolute Gasteiger partial charge is 0.199 e. The Balaban J connectivity index is 1.44. The van der Waals surface area contributed by atoms with E-state index in [0.717, 1.165) is 48.2 Å². The fraction of sp³-hybridized carbons (Fsp3) is 0.316. The second kappa shape index (κ2) is 6.63. The van der Waals surface area contributed by atoms with Crippen molar-refractivity contribution in [2.45, 2.75) is 25.7 Å². The van der Waals surface area contributed by atoms with E-state index in [0.29, 0.717) is 6.42 Å². The highest BCUT2D eigenvalue weighted by Gasteiger charge is 2.28. The van der Waals surface area contributed by atoms with Crippen LogP contribution in [0.15, 0.2) is 47.3 Å². The summed E-state index contributed by atoms with van der Waals surface area (Å²) < 4.78 is 19.2. The first-order valence-electron chi connectivity index (χ1n) is 8.40. The molecular formula is C19H19FN4O. The van der Waals surface area contributed by atoms with Crippen molar-refractivity contribution in [2.75, 3.05) is 18.0 Å². The molecule has 1 unspecified atom stereocenters. The molecule has 0 amide bonds. The highest BCUT2D eigenvalue weighted by molar-refractivity contribution is 5.40. The van der Waals surface area contributed by atoms with E-state index >= 15 is 0 Å². The molecule has 0 N–H and O–H groups in total. The first kappa shape index (κ1) is 15.7. The Kier molecular flexibility index (Phi) is 4.17. The number of benzene rings is 1. The third-order valence-electron chi connectivity index (χ3n) is 4.49. The minimum Gasteiger partial charge on any atom is -0.445 e. The summed E-state index contributed by atoms with van der Waals surface area (Å²) in [5.74, 6) is 2.47. The normalized spacial score (nSPS) is 17.2. The van der Waals surface area contributed by atoms with Crippen molar-refractivity contribution in [1.29, 1.82) is 0 Å². The van der Waals surface area contributed by atoms with Gasteiger partial charge in [0.15, 0.2) is 5.89 Å². The van der Waals surface area contributed by atoms with Gasteiger partial charge in [-0.3, -0.25) is 0 Å². The fourth-order valence-electron chi connectivity index (χ4n) is 3.22. The molecule has 1 fully saturated rings. The highest BCUT2D eigenvalue weighted by Crippen LogP contribution is 2.30. The number of oxazole rings is 1. The molecule has 3 heterocycles. The zero-order valence-electron chi connectivity index (χ0n) is 14.0. The van der Waals surface area contributed by atoms with Crippen LogP contribution in [0.3, 0.4) is 0 Å². The molecule has 128 valence electrons. The van der Waals surface area contributed by atoms with Crippen molar-refractivity contribution in [3.8, 4) is 0 Å². The molecule has 0 bridgehead atoms. The van der Waals surface area contributed by atoms with Gasteiger partial charge in [-0.1, -0.05) is 12.1 Å². The van der Waals surface area contributed by atoms with Crippen molar-refractivity contribution in [3.05, 3.63) is 71.6 Å². The fourth-order valence-corrected chi connectivity index (χ4v) is 3.22. The molecule has 0 spiro atoms. The summed E-state index contributed by atoms with van der Waals surface area (Å²) in [6.07, 6.45) is 4.87. The molecule has 1 aliphatic heterocycles. The zero-order chi connectivity index (χ0) is 17.2. The standard InChI is InChI=1S/C19H19FN4O/c1-13-7-18(23-12-22-13)24-6-5-15(11-24)19-21-10-17(25-19)9-14-3-2-4-16(20)8-14/h2-4,7-8,10,12,15H,5-6,9,11H2,1H3. The summed E-state index contributed by atoms with van der Waals surface area (Å²) in [5.41, 5.74) is 1.84. The summed E-state index contributed by atoms with van der Waals surface area (Å²) in [5, 5.41) is 0. The summed E-state index contributed by atoms with van der Waals surface area (Å²) in [6, 6.07) is 8.56. The lowest BCUT2D eigenvalue weighted by Gasteiger charge is -2.16. The van der Waals surface area contributed by atoms with Crippen LogP contribution in [-0.4, -0.2) is 28.0 Å². The van der Waals surface area contributed by atoms with Crippen molar-refractivity contribution < 1.29 is 8.81 Å². The zero-order valence-corrected chi connectivity index (χ0v) is 14.0. The van der Waals surface area contributed by atoms with Crippen LogP contribution in [0.4, 0.5) is 10.2 Å². The van der Waals surface area contributed by atoms with E-state index in [-0.39, 0.29) is 11.7 Å². The van der Waals surface area contributed by atoms with Crippen LogP contribution in [0, 0.1) is 12.7 Å². The van der Waals surface area contributed by atoms with Gasteiger partial charge in [0.05, 0.1) is 12.1 Å². The molecule has 0 radical (unpaired) electrons. The predicted molar refractivity (Wildman–Crippen MR) is 92.0 cm³/mol. The largest absolute Gasteiger partial charge is 0.445 e. The Morgan fingerprint density at radius 1 is 1.24 bits per heavy atom. The van der Waals surface area contributed by atoms with Crippen LogP contribution in [0.25, 0.3) is 0 Å². The quantitative estimate of drug-likeness (QED) is 0.729. The van der Waals surface area contributed by atoms with Crippen LogP contribution in [-0.2, 0) is 6.42 Å². The number of halogens is 1. The Labute approximate surface area is 145 Å².